The first-order chi connectivity index (χ1) is 9.16. The van der Waals surface area contributed by atoms with Crippen LogP contribution < -0.4 is 0 Å². The zero-order valence-electron chi connectivity index (χ0n) is 11.2. The Balaban J connectivity index is 0.000000639. The Morgan fingerprint density at radius 2 is 2.00 bits per heavy atom. The molecule has 5 atom stereocenters. The van der Waals surface area contributed by atoms with Crippen molar-refractivity contribution in [1.82, 2.24) is 0 Å². The average molecular weight is 272 g/mol. The van der Waals surface area contributed by atoms with Crippen molar-refractivity contribution in [1.29, 1.82) is 0 Å². The molecule has 5 heteroatoms. The van der Waals surface area contributed by atoms with Crippen LogP contribution in [0.25, 0.3) is 0 Å². The van der Waals surface area contributed by atoms with Gasteiger partial charge in [0.25, 0.3) is 0 Å². The van der Waals surface area contributed by atoms with E-state index in [-0.39, 0.29) is 19.8 Å². The molecule has 5 nitrogen and oxygen atoms in total. The fourth-order valence-electron chi connectivity index (χ4n) is 3.74. The first-order valence-electron chi connectivity index (χ1n) is 6.92. The van der Waals surface area contributed by atoms with Gasteiger partial charge in [-0.05, 0) is 44.4 Å². The number of ether oxygens (including phenoxy) is 2. The lowest BCUT2D eigenvalue weighted by molar-refractivity contribution is -0.217. The summed E-state index contributed by atoms with van der Waals surface area (Å²) in [6.45, 7) is 6.00. The number of carbonyl (C=O) groups is 1. The van der Waals surface area contributed by atoms with Crippen LogP contribution in [0, 0.1) is 17.8 Å². The molecule has 0 aromatic rings. The van der Waals surface area contributed by atoms with E-state index in [0.29, 0.717) is 23.3 Å². The van der Waals surface area contributed by atoms with Crippen LogP contribution in [0.1, 0.15) is 40.5 Å². The zero-order chi connectivity index (χ0) is 14.0. The van der Waals surface area contributed by atoms with Gasteiger partial charge in [-0.1, -0.05) is 13.0 Å². The molecular formula is C14H24O5. The smallest absolute Gasteiger partial charge is 0.336 e. The fourth-order valence-corrected chi connectivity index (χ4v) is 3.74. The molecular weight excluding hydrogens is 248 g/mol. The molecule has 2 heterocycles. The SMILES string of the molecule is C=C1C(=O)OC2OC(C)CCC3CCCC1C32.OO.[HH]. The van der Waals surface area contributed by atoms with Crippen LogP contribution in [0.2, 0.25) is 0 Å². The minimum absolute atomic E-state index is 0. The molecule has 0 aromatic heterocycles. The van der Waals surface area contributed by atoms with Crippen LogP contribution in [0.5, 0.6) is 0 Å². The van der Waals surface area contributed by atoms with Crippen molar-refractivity contribution in [2.75, 3.05) is 0 Å². The van der Waals surface area contributed by atoms with E-state index in [1.807, 2.05) is 0 Å². The van der Waals surface area contributed by atoms with Gasteiger partial charge in [-0.2, -0.15) is 0 Å². The van der Waals surface area contributed by atoms with Gasteiger partial charge in [-0.3, -0.25) is 10.5 Å². The normalized spacial score (nSPS) is 41.3. The zero-order valence-corrected chi connectivity index (χ0v) is 11.2. The van der Waals surface area contributed by atoms with Gasteiger partial charge in [0.1, 0.15) is 0 Å². The van der Waals surface area contributed by atoms with Gasteiger partial charge in [0.15, 0.2) is 0 Å². The molecule has 0 bridgehead atoms. The highest BCUT2D eigenvalue weighted by Gasteiger charge is 2.49. The summed E-state index contributed by atoms with van der Waals surface area (Å²) in [4.78, 5) is 11.8. The lowest BCUT2D eigenvalue weighted by Crippen LogP contribution is -2.46. The van der Waals surface area contributed by atoms with Crippen molar-refractivity contribution in [3.8, 4) is 0 Å². The molecule has 3 fully saturated rings. The van der Waals surface area contributed by atoms with Gasteiger partial charge in [-0.25, -0.2) is 4.79 Å². The van der Waals surface area contributed by atoms with Gasteiger partial charge >= 0.3 is 5.97 Å². The second kappa shape index (κ2) is 6.03. The van der Waals surface area contributed by atoms with Gasteiger partial charge in [0.05, 0.1) is 6.10 Å². The molecule has 1 saturated carbocycles. The van der Waals surface area contributed by atoms with E-state index < -0.39 is 0 Å². The summed E-state index contributed by atoms with van der Waals surface area (Å²) in [5.74, 6) is 1.06. The first-order valence-corrected chi connectivity index (χ1v) is 6.92. The van der Waals surface area contributed by atoms with Crippen LogP contribution in [-0.2, 0) is 14.3 Å². The lowest BCUT2D eigenvalue weighted by atomic mass is 9.67. The maximum atomic E-state index is 11.8. The number of rotatable bonds is 0. The second-order valence-corrected chi connectivity index (χ2v) is 5.70. The Bertz CT molecular complexity index is 359. The largest absolute Gasteiger partial charge is 0.432 e. The van der Waals surface area contributed by atoms with Crippen molar-refractivity contribution in [2.45, 2.75) is 51.4 Å². The van der Waals surface area contributed by atoms with Gasteiger partial charge in [0, 0.05) is 12.9 Å². The van der Waals surface area contributed by atoms with Crippen LogP contribution in [0.4, 0.5) is 0 Å². The summed E-state index contributed by atoms with van der Waals surface area (Å²) in [6.07, 6.45) is 5.69. The summed E-state index contributed by atoms with van der Waals surface area (Å²) in [5, 5.41) is 12.0. The molecule has 19 heavy (non-hydrogen) atoms. The predicted molar refractivity (Wildman–Crippen MR) is 70.5 cm³/mol. The van der Waals surface area contributed by atoms with Crippen LogP contribution in [0.3, 0.4) is 0 Å². The average Bonchev–Trinajstić information content (AvgIpc) is 2.59. The van der Waals surface area contributed by atoms with E-state index in [4.69, 9.17) is 20.0 Å². The monoisotopic (exact) mass is 272 g/mol. The summed E-state index contributed by atoms with van der Waals surface area (Å²) in [5.41, 5.74) is 0.675. The van der Waals surface area contributed by atoms with Crippen LogP contribution in [0.15, 0.2) is 12.2 Å². The molecule has 5 unspecified atom stereocenters. The number of hydrogen-bond acceptors (Lipinski definition) is 5. The quantitative estimate of drug-likeness (QED) is 0.307. The summed E-state index contributed by atoms with van der Waals surface area (Å²) in [6, 6.07) is 0. The van der Waals surface area contributed by atoms with Gasteiger partial charge in [0.2, 0.25) is 6.29 Å². The van der Waals surface area contributed by atoms with E-state index in [0.717, 1.165) is 12.8 Å². The molecule has 0 amide bonds. The first kappa shape index (κ1) is 14.5. The summed E-state index contributed by atoms with van der Waals surface area (Å²) >= 11 is 0. The van der Waals surface area contributed by atoms with E-state index in [2.05, 4.69) is 13.5 Å². The molecule has 110 valence electrons. The molecule has 0 spiro atoms. The van der Waals surface area contributed by atoms with Gasteiger partial charge < -0.3 is 9.47 Å². The third-order valence-corrected chi connectivity index (χ3v) is 4.66. The molecule has 2 aliphatic heterocycles. The lowest BCUT2D eigenvalue weighted by Gasteiger charge is -2.44. The second-order valence-electron chi connectivity index (χ2n) is 5.70. The number of hydrogen-bond donors (Lipinski definition) is 2. The van der Waals surface area contributed by atoms with Crippen LogP contribution >= 0.6 is 0 Å². The third kappa shape index (κ3) is 2.68. The van der Waals surface area contributed by atoms with E-state index >= 15 is 0 Å². The topological polar surface area (TPSA) is 76.0 Å². The minimum Gasteiger partial charge on any atom is -0.432 e. The third-order valence-electron chi connectivity index (χ3n) is 4.66. The van der Waals surface area contributed by atoms with Gasteiger partial charge in [-0.15, -0.1) is 0 Å². The Labute approximate surface area is 114 Å². The standard InChI is InChI=1S/C14H20O3.H2O2.H2/c1-8-6-7-10-4-3-5-11-9(2)13(15)17-14(16-8)12(10)11;1-2;/h8,10-12,14H,2-7H2,1H3;1-2H;1H. The van der Waals surface area contributed by atoms with E-state index in [1.165, 1.54) is 19.3 Å². The molecule has 2 saturated heterocycles. The molecule has 3 rings (SSSR count). The maximum absolute atomic E-state index is 11.8. The maximum Gasteiger partial charge on any atom is 0.336 e. The molecule has 0 radical (unpaired) electrons. The highest BCUT2D eigenvalue weighted by Crippen LogP contribution is 2.48. The molecule has 2 N–H and O–H groups in total. The summed E-state index contributed by atoms with van der Waals surface area (Å²) in [7, 11) is 0. The van der Waals surface area contributed by atoms with Crippen molar-refractivity contribution in [2.24, 2.45) is 17.8 Å². The van der Waals surface area contributed by atoms with E-state index in [9.17, 15) is 4.79 Å². The predicted octanol–water partition coefficient (Wildman–Crippen LogP) is 2.92. The highest BCUT2D eigenvalue weighted by molar-refractivity contribution is 5.89. The number of carbonyl (C=O) groups excluding carboxylic acids is 1. The fraction of sp³-hybridized carbons (Fsp3) is 0.786. The Hall–Kier alpha value is -0.910. The highest BCUT2D eigenvalue weighted by atomic mass is 17.0. The van der Waals surface area contributed by atoms with Crippen LogP contribution in [-0.4, -0.2) is 28.9 Å². The Morgan fingerprint density at radius 1 is 1.26 bits per heavy atom. The van der Waals surface area contributed by atoms with Crippen molar-refractivity contribution < 1.29 is 26.2 Å². The number of esters is 1. The van der Waals surface area contributed by atoms with Crippen molar-refractivity contribution >= 4 is 5.97 Å². The Kier molecular flexibility index (Phi) is 4.60. The molecule has 3 aliphatic rings. The Morgan fingerprint density at radius 3 is 2.74 bits per heavy atom. The summed E-state index contributed by atoms with van der Waals surface area (Å²) < 4.78 is 11.3. The minimum atomic E-state index is -0.319. The molecule has 1 aliphatic carbocycles. The van der Waals surface area contributed by atoms with E-state index in [1.54, 1.807) is 0 Å². The van der Waals surface area contributed by atoms with Crippen molar-refractivity contribution in [3.63, 3.8) is 0 Å². The van der Waals surface area contributed by atoms with Crippen molar-refractivity contribution in [3.05, 3.63) is 12.2 Å². The molecule has 0 aromatic carbocycles.